The third-order valence-electron chi connectivity index (χ3n) is 5.67. The van der Waals surface area contributed by atoms with Crippen molar-refractivity contribution in [2.45, 2.75) is 26.5 Å². The van der Waals surface area contributed by atoms with Crippen molar-refractivity contribution in [1.82, 2.24) is 15.3 Å². The summed E-state index contributed by atoms with van der Waals surface area (Å²) in [7, 11) is 1.55. The molecule has 4 rings (SSSR count). The Morgan fingerprint density at radius 3 is 2.53 bits per heavy atom. The van der Waals surface area contributed by atoms with Crippen molar-refractivity contribution in [3.63, 3.8) is 0 Å². The van der Waals surface area contributed by atoms with Crippen LogP contribution in [0.15, 0.2) is 54.9 Å². The van der Waals surface area contributed by atoms with Crippen LogP contribution >= 0.6 is 0 Å². The highest BCUT2D eigenvalue weighted by molar-refractivity contribution is 6.00. The molecule has 1 aromatic heterocycles. The number of ether oxygens (including phenoxy) is 2. The fourth-order valence-electron chi connectivity index (χ4n) is 3.78. The molecule has 3 aromatic rings. The summed E-state index contributed by atoms with van der Waals surface area (Å²) in [6.45, 7) is 0.826. The minimum Gasteiger partial charge on any atom is -0.434 e. The Labute approximate surface area is 196 Å². The first kappa shape index (κ1) is 23.6. The first-order valence-corrected chi connectivity index (χ1v) is 10.9. The van der Waals surface area contributed by atoms with Gasteiger partial charge in [-0.1, -0.05) is 31.2 Å². The quantitative estimate of drug-likeness (QED) is 0.487. The van der Waals surface area contributed by atoms with Crippen LogP contribution in [0.4, 0.5) is 14.5 Å². The number of halogens is 2. The van der Waals surface area contributed by atoms with Gasteiger partial charge in [-0.15, -0.1) is 0 Å². The lowest BCUT2D eigenvalue weighted by molar-refractivity contribution is -0.101. The van der Waals surface area contributed by atoms with Gasteiger partial charge in [0.2, 0.25) is 0 Å². The van der Waals surface area contributed by atoms with Gasteiger partial charge in [0.05, 0.1) is 18.8 Å². The van der Waals surface area contributed by atoms with Gasteiger partial charge in [0.15, 0.2) is 0 Å². The molecular formula is C25H26F2N4O3. The minimum atomic E-state index is -2.92. The predicted octanol–water partition coefficient (Wildman–Crippen LogP) is 4.30. The number of amides is 1. The fraction of sp³-hybridized carbons (Fsp3) is 0.320. The van der Waals surface area contributed by atoms with Crippen molar-refractivity contribution in [2.75, 3.05) is 25.6 Å². The van der Waals surface area contributed by atoms with E-state index in [1.807, 2.05) is 12.1 Å². The molecule has 0 aliphatic carbocycles. The number of hydrogen-bond donors (Lipinski definition) is 2. The number of nitrogens with one attached hydrogen (secondary N) is 2. The summed E-state index contributed by atoms with van der Waals surface area (Å²) in [5, 5.41) is 5.80. The lowest BCUT2D eigenvalue weighted by atomic mass is 9.85. The lowest BCUT2D eigenvalue weighted by Crippen LogP contribution is -2.41. The third-order valence-corrected chi connectivity index (χ3v) is 5.67. The van der Waals surface area contributed by atoms with E-state index in [2.05, 4.69) is 32.3 Å². The van der Waals surface area contributed by atoms with Crippen LogP contribution in [0, 0.1) is 5.41 Å². The van der Waals surface area contributed by atoms with Gasteiger partial charge in [-0.05, 0) is 23.8 Å². The predicted molar refractivity (Wildman–Crippen MR) is 124 cm³/mol. The van der Waals surface area contributed by atoms with Crippen LogP contribution in [0.1, 0.15) is 28.7 Å². The third kappa shape index (κ3) is 5.48. The molecule has 178 valence electrons. The zero-order valence-corrected chi connectivity index (χ0v) is 19.0. The standard InChI is InChI=1S/C25H26F2N4O3/c1-25(14-33-15-25)10-22-30-12-18(13-31-22)16-7-8-19(23(32)28-2)20(9-16)29-11-17-5-3-4-6-21(17)34-24(26)27/h3-9,12-13,24,29H,10-11,14-15H2,1-2H3,(H,28,32). The van der Waals surface area contributed by atoms with E-state index in [9.17, 15) is 13.6 Å². The summed E-state index contributed by atoms with van der Waals surface area (Å²) in [5.74, 6) is 0.566. The highest BCUT2D eigenvalue weighted by Crippen LogP contribution is 2.31. The molecule has 0 bridgehead atoms. The van der Waals surface area contributed by atoms with E-state index in [4.69, 9.17) is 4.74 Å². The number of carbonyl (C=O) groups is 1. The molecule has 0 spiro atoms. The summed E-state index contributed by atoms with van der Waals surface area (Å²) >= 11 is 0. The number of para-hydroxylation sites is 1. The van der Waals surface area contributed by atoms with Gasteiger partial charge >= 0.3 is 6.61 Å². The van der Waals surface area contributed by atoms with Crippen LogP contribution in [0.5, 0.6) is 5.75 Å². The maximum atomic E-state index is 12.7. The number of rotatable bonds is 9. The van der Waals surface area contributed by atoms with Crippen molar-refractivity contribution in [1.29, 1.82) is 0 Å². The topological polar surface area (TPSA) is 85.4 Å². The highest BCUT2D eigenvalue weighted by Gasteiger charge is 2.34. The van der Waals surface area contributed by atoms with E-state index in [1.165, 1.54) is 6.07 Å². The molecule has 0 unspecified atom stereocenters. The van der Waals surface area contributed by atoms with Crippen LogP contribution in [0.2, 0.25) is 0 Å². The molecule has 2 aromatic carbocycles. The Morgan fingerprint density at radius 2 is 1.88 bits per heavy atom. The average Bonchev–Trinajstić information content (AvgIpc) is 2.82. The van der Waals surface area contributed by atoms with Gasteiger partial charge in [-0.2, -0.15) is 8.78 Å². The smallest absolute Gasteiger partial charge is 0.387 e. The molecule has 7 nitrogen and oxygen atoms in total. The van der Waals surface area contributed by atoms with Gasteiger partial charge < -0.3 is 20.1 Å². The first-order valence-electron chi connectivity index (χ1n) is 10.9. The largest absolute Gasteiger partial charge is 0.434 e. The molecule has 1 fully saturated rings. The monoisotopic (exact) mass is 468 g/mol. The molecule has 1 aliphatic rings. The minimum absolute atomic E-state index is 0.0807. The summed E-state index contributed by atoms with van der Waals surface area (Å²) < 4.78 is 35.4. The Morgan fingerprint density at radius 1 is 1.15 bits per heavy atom. The molecule has 0 atom stereocenters. The molecule has 0 radical (unpaired) electrons. The summed E-state index contributed by atoms with van der Waals surface area (Å²) in [5.41, 5.74) is 3.21. The van der Waals surface area contributed by atoms with Crippen LogP contribution in [0.25, 0.3) is 11.1 Å². The van der Waals surface area contributed by atoms with Crippen LogP contribution < -0.4 is 15.4 Å². The lowest BCUT2D eigenvalue weighted by Gasteiger charge is -2.37. The van der Waals surface area contributed by atoms with Crippen LogP contribution in [-0.4, -0.2) is 42.7 Å². The number of benzene rings is 2. The molecule has 1 amide bonds. The summed E-state index contributed by atoms with van der Waals surface area (Å²) in [6.07, 6.45) is 4.27. The van der Waals surface area contributed by atoms with E-state index >= 15 is 0 Å². The first-order chi connectivity index (χ1) is 16.4. The summed E-state index contributed by atoms with van der Waals surface area (Å²) in [6, 6.07) is 11.9. The zero-order chi connectivity index (χ0) is 24.1. The number of alkyl halides is 2. The van der Waals surface area contributed by atoms with Gasteiger partial charge in [-0.3, -0.25) is 4.79 Å². The van der Waals surface area contributed by atoms with Crippen molar-refractivity contribution in [3.05, 3.63) is 71.8 Å². The number of anilines is 1. The van der Waals surface area contributed by atoms with Gasteiger partial charge in [0.1, 0.15) is 11.6 Å². The normalized spacial score (nSPS) is 14.4. The molecule has 2 heterocycles. The van der Waals surface area contributed by atoms with E-state index in [0.717, 1.165) is 23.4 Å². The Balaban J connectivity index is 1.56. The number of aromatic nitrogens is 2. The van der Waals surface area contributed by atoms with E-state index < -0.39 is 6.61 Å². The van der Waals surface area contributed by atoms with Crippen molar-refractivity contribution >= 4 is 11.6 Å². The highest BCUT2D eigenvalue weighted by atomic mass is 19.3. The van der Waals surface area contributed by atoms with Crippen molar-refractivity contribution < 1.29 is 23.0 Å². The van der Waals surface area contributed by atoms with E-state index in [1.54, 1.807) is 43.7 Å². The number of nitrogens with zero attached hydrogens (tertiary/aromatic N) is 2. The van der Waals surface area contributed by atoms with E-state index in [0.29, 0.717) is 30.0 Å². The van der Waals surface area contributed by atoms with E-state index in [-0.39, 0.29) is 23.6 Å². The Hall–Kier alpha value is -3.59. The van der Waals surface area contributed by atoms with Gasteiger partial charge in [0.25, 0.3) is 5.91 Å². The van der Waals surface area contributed by atoms with Crippen molar-refractivity contribution in [2.24, 2.45) is 5.41 Å². The molecular weight excluding hydrogens is 442 g/mol. The fourth-order valence-corrected chi connectivity index (χ4v) is 3.78. The molecule has 2 N–H and O–H groups in total. The Bertz CT molecular complexity index is 1150. The maximum Gasteiger partial charge on any atom is 0.387 e. The second kappa shape index (κ2) is 10.1. The van der Waals surface area contributed by atoms with Crippen LogP contribution in [0.3, 0.4) is 0 Å². The summed E-state index contributed by atoms with van der Waals surface area (Å²) in [4.78, 5) is 21.4. The second-order valence-corrected chi connectivity index (χ2v) is 8.55. The molecule has 1 aliphatic heterocycles. The Kier molecular flexibility index (Phi) is 7.02. The average molecular weight is 469 g/mol. The van der Waals surface area contributed by atoms with Crippen LogP contribution in [-0.2, 0) is 17.7 Å². The molecule has 9 heteroatoms. The zero-order valence-electron chi connectivity index (χ0n) is 19.0. The van der Waals surface area contributed by atoms with Gasteiger partial charge in [0, 0.05) is 54.6 Å². The number of carbonyl (C=O) groups excluding carboxylic acids is 1. The van der Waals surface area contributed by atoms with Gasteiger partial charge in [-0.25, -0.2) is 9.97 Å². The molecule has 1 saturated heterocycles. The maximum absolute atomic E-state index is 12.7. The SMILES string of the molecule is CNC(=O)c1ccc(-c2cnc(CC3(C)COC3)nc2)cc1NCc1ccccc1OC(F)F. The molecule has 0 saturated carbocycles. The second-order valence-electron chi connectivity index (χ2n) is 8.55. The molecule has 34 heavy (non-hydrogen) atoms. The number of hydrogen-bond acceptors (Lipinski definition) is 6. The van der Waals surface area contributed by atoms with Crippen molar-refractivity contribution in [3.8, 4) is 16.9 Å².